The molecule has 1 aliphatic heterocycles. The van der Waals surface area contributed by atoms with Crippen molar-refractivity contribution < 1.29 is 14.6 Å². The van der Waals surface area contributed by atoms with E-state index in [-0.39, 0.29) is 18.6 Å². The van der Waals surface area contributed by atoms with Crippen LogP contribution >= 0.6 is 0 Å². The lowest BCUT2D eigenvalue weighted by molar-refractivity contribution is -0.139. The summed E-state index contributed by atoms with van der Waals surface area (Å²) < 4.78 is 5.69. The second-order valence-electron chi connectivity index (χ2n) is 5.49. The summed E-state index contributed by atoms with van der Waals surface area (Å²) in [6.07, 6.45) is -0.332. The zero-order chi connectivity index (χ0) is 14.0. The SMILES string of the molecule is CC1(C)CN(C(=O)c2ccc(N)cc2)CC(CO)O1. The number of nitrogens with two attached hydrogens (primary N) is 1. The van der Waals surface area contributed by atoms with E-state index in [4.69, 9.17) is 10.5 Å². The molecule has 104 valence electrons. The van der Waals surface area contributed by atoms with Crippen molar-refractivity contribution in [1.82, 2.24) is 4.90 Å². The molecule has 0 radical (unpaired) electrons. The van der Waals surface area contributed by atoms with E-state index < -0.39 is 5.60 Å². The molecule has 1 aromatic rings. The van der Waals surface area contributed by atoms with Gasteiger partial charge in [0.25, 0.3) is 5.91 Å². The Morgan fingerprint density at radius 3 is 2.68 bits per heavy atom. The lowest BCUT2D eigenvalue weighted by Gasteiger charge is -2.42. The molecule has 1 atom stereocenters. The number of aliphatic hydroxyl groups excluding tert-OH is 1. The van der Waals surface area contributed by atoms with Crippen molar-refractivity contribution in [2.75, 3.05) is 25.4 Å². The monoisotopic (exact) mass is 264 g/mol. The minimum absolute atomic E-state index is 0.0603. The highest BCUT2D eigenvalue weighted by molar-refractivity contribution is 5.94. The van der Waals surface area contributed by atoms with Crippen LogP contribution in [-0.2, 0) is 4.74 Å². The normalized spacial score (nSPS) is 22.3. The molecule has 1 amide bonds. The predicted octanol–water partition coefficient (Wildman–Crippen LogP) is 0.881. The van der Waals surface area contributed by atoms with Crippen LogP contribution in [-0.4, -0.2) is 47.3 Å². The fourth-order valence-electron chi connectivity index (χ4n) is 2.35. The molecule has 0 bridgehead atoms. The summed E-state index contributed by atoms with van der Waals surface area (Å²) in [6, 6.07) is 6.85. The third kappa shape index (κ3) is 3.24. The van der Waals surface area contributed by atoms with E-state index in [0.717, 1.165) is 0 Å². The molecule has 0 spiro atoms. The molecule has 1 fully saturated rings. The summed E-state index contributed by atoms with van der Waals surface area (Å²) in [7, 11) is 0. The highest BCUT2D eigenvalue weighted by Crippen LogP contribution is 2.22. The van der Waals surface area contributed by atoms with Gasteiger partial charge in [-0.05, 0) is 38.1 Å². The van der Waals surface area contributed by atoms with Crippen LogP contribution < -0.4 is 5.73 Å². The maximum absolute atomic E-state index is 12.4. The highest BCUT2D eigenvalue weighted by Gasteiger charge is 2.35. The maximum atomic E-state index is 12.4. The first-order valence-corrected chi connectivity index (χ1v) is 6.35. The van der Waals surface area contributed by atoms with Gasteiger partial charge in [0.05, 0.1) is 18.3 Å². The first-order chi connectivity index (χ1) is 8.91. The molecular formula is C14H20N2O3. The van der Waals surface area contributed by atoms with Crippen LogP contribution in [0.1, 0.15) is 24.2 Å². The van der Waals surface area contributed by atoms with E-state index in [9.17, 15) is 9.90 Å². The maximum Gasteiger partial charge on any atom is 0.254 e. The fraction of sp³-hybridized carbons (Fsp3) is 0.500. The number of carbonyl (C=O) groups excluding carboxylic acids is 1. The van der Waals surface area contributed by atoms with E-state index in [2.05, 4.69) is 0 Å². The van der Waals surface area contributed by atoms with Crippen LogP contribution in [0.15, 0.2) is 24.3 Å². The van der Waals surface area contributed by atoms with Gasteiger partial charge in [0.15, 0.2) is 0 Å². The molecular weight excluding hydrogens is 244 g/mol. The van der Waals surface area contributed by atoms with E-state index >= 15 is 0 Å². The van der Waals surface area contributed by atoms with Crippen molar-refractivity contribution in [2.45, 2.75) is 25.6 Å². The molecule has 3 N–H and O–H groups in total. The van der Waals surface area contributed by atoms with Crippen LogP contribution in [0.2, 0.25) is 0 Å². The summed E-state index contributed by atoms with van der Waals surface area (Å²) in [4.78, 5) is 14.1. The summed E-state index contributed by atoms with van der Waals surface area (Å²) >= 11 is 0. The number of nitrogen functional groups attached to an aromatic ring is 1. The molecule has 0 aromatic heterocycles. The van der Waals surface area contributed by atoms with Crippen LogP contribution in [0, 0.1) is 0 Å². The Hall–Kier alpha value is -1.59. The van der Waals surface area contributed by atoms with Crippen LogP contribution in [0.4, 0.5) is 5.69 Å². The van der Waals surface area contributed by atoms with Gasteiger partial charge in [-0.3, -0.25) is 4.79 Å². The minimum Gasteiger partial charge on any atom is -0.399 e. The molecule has 19 heavy (non-hydrogen) atoms. The molecule has 1 aromatic carbocycles. The molecule has 1 heterocycles. The van der Waals surface area contributed by atoms with E-state index in [0.29, 0.717) is 24.3 Å². The Labute approximate surface area is 113 Å². The van der Waals surface area contributed by atoms with E-state index in [1.54, 1.807) is 29.2 Å². The Balaban J connectivity index is 2.16. The van der Waals surface area contributed by atoms with Gasteiger partial charge in [0.2, 0.25) is 0 Å². The van der Waals surface area contributed by atoms with Gasteiger partial charge in [-0.15, -0.1) is 0 Å². The number of hydrogen-bond donors (Lipinski definition) is 2. The number of aliphatic hydroxyl groups is 1. The Morgan fingerprint density at radius 1 is 1.47 bits per heavy atom. The number of benzene rings is 1. The highest BCUT2D eigenvalue weighted by atomic mass is 16.5. The van der Waals surface area contributed by atoms with Crippen molar-refractivity contribution in [2.24, 2.45) is 0 Å². The number of rotatable bonds is 2. The number of morpholine rings is 1. The summed E-state index contributed by atoms with van der Waals surface area (Å²) in [5.74, 6) is -0.0603. The van der Waals surface area contributed by atoms with Crippen LogP contribution in [0.5, 0.6) is 0 Å². The van der Waals surface area contributed by atoms with Crippen LogP contribution in [0.25, 0.3) is 0 Å². The smallest absolute Gasteiger partial charge is 0.254 e. The minimum atomic E-state index is -0.449. The van der Waals surface area contributed by atoms with Gasteiger partial charge >= 0.3 is 0 Å². The zero-order valence-electron chi connectivity index (χ0n) is 11.3. The summed E-state index contributed by atoms with van der Waals surface area (Å²) in [5, 5.41) is 9.25. The zero-order valence-corrected chi connectivity index (χ0v) is 11.3. The Morgan fingerprint density at radius 2 is 2.11 bits per heavy atom. The average molecular weight is 264 g/mol. The standard InChI is InChI=1S/C14H20N2O3/c1-14(2)9-16(7-12(8-17)19-14)13(18)10-3-5-11(15)6-4-10/h3-6,12,17H,7-9,15H2,1-2H3. The second-order valence-corrected chi connectivity index (χ2v) is 5.49. The molecule has 1 unspecified atom stereocenters. The van der Waals surface area contributed by atoms with E-state index in [1.165, 1.54) is 0 Å². The van der Waals surface area contributed by atoms with E-state index in [1.807, 2.05) is 13.8 Å². The van der Waals surface area contributed by atoms with Crippen LogP contribution in [0.3, 0.4) is 0 Å². The number of hydrogen-bond acceptors (Lipinski definition) is 4. The topological polar surface area (TPSA) is 75.8 Å². The van der Waals surface area contributed by atoms with Crippen molar-refractivity contribution >= 4 is 11.6 Å². The predicted molar refractivity (Wildman–Crippen MR) is 72.8 cm³/mol. The van der Waals surface area contributed by atoms with Crippen molar-refractivity contribution in [3.63, 3.8) is 0 Å². The molecule has 0 aliphatic carbocycles. The Bertz CT molecular complexity index is 456. The lowest BCUT2D eigenvalue weighted by Crippen LogP contribution is -2.55. The lowest BCUT2D eigenvalue weighted by atomic mass is 10.0. The molecule has 0 saturated carbocycles. The van der Waals surface area contributed by atoms with Gasteiger partial charge in [0.1, 0.15) is 0 Å². The van der Waals surface area contributed by atoms with Gasteiger partial charge in [0, 0.05) is 24.3 Å². The molecule has 5 heteroatoms. The van der Waals surface area contributed by atoms with Gasteiger partial charge in [-0.25, -0.2) is 0 Å². The van der Waals surface area contributed by atoms with Crippen molar-refractivity contribution in [1.29, 1.82) is 0 Å². The molecule has 1 saturated heterocycles. The fourth-order valence-corrected chi connectivity index (χ4v) is 2.35. The number of anilines is 1. The molecule has 1 aliphatic rings. The largest absolute Gasteiger partial charge is 0.399 e. The third-order valence-corrected chi connectivity index (χ3v) is 3.13. The molecule has 2 rings (SSSR count). The Kier molecular flexibility index (Phi) is 3.78. The van der Waals surface area contributed by atoms with Crippen molar-refractivity contribution in [3.05, 3.63) is 29.8 Å². The van der Waals surface area contributed by atoms with Crippen molar-refractivity contribution in [3.8, 4) is 0 Å². The average Bonchev–Trinajstić information content (AvgIpc) is 2.37. The van der Waals surface area contributed by atoms with Gasteiger partial charge in [-0.2, -0.15) is 0 Å². The number of ether oxygens (including phenoxy) is 1. The number of amides is 1. The summed E-state index contributed by atoms with van der Waals surface area (Å²) in [5.41, 5.74) is 6.40. The summed E-state index contributed by atoms with van der Waals surface area (Å²) in [6.45, 7) is 4.65. The quantitative estimate of drug-likeness (QED) is 0.778. The van der Waals surface area contributed by atoms with Gasteiger partial charge in [-0.1, -0.05) is 0 Å². The number of carbonyl (C=O) groups is 1. The number of nitrogens with zero attached hydrogens (tertiary/aromatic N) is 1. The first kappa shape index (κ1) is 13.8. The first-order valence-electron chi connectivity index (χ1n) is 6.35. The second kappa shape index (κ2) is 5.19. The van der Waals surface area contributed by atoms with Gasteiger partial charge < -0.3 is 20.5 Å². The molecule has 5 nitrogen and oxygen atoms in total. The third-order valence-electron chi connectivity index (χ3n) is 3.13.